The molecule has 0 aromatic heterocycles. The lowest BCUT2D eigenvalue weighted by molar-refractivity contribution is 0.144. The van der Waals surface area contributed by atoms with E-state index in [9.17, 15) is 5.11 Å². The summed E-state index contributed by atoms with van der Waals surface area (Å²) in [5, 5.41) is 9.82. The molecule has 1 aromatic carbocycles. The van der Waals surface area contributed by atoms with Gasteiger partial charge < -0.3 is 9.84 Å². The lowest BCUT2D eigenvalue weighted by Gasteiger charge is -2.20. The Bertz CT molecular complexity index is 344. The van der Waals surface area contributed by atoms with Gasteiger partial charge in [-0.25, -0.2) is 0 Å². The van der Waals surface area contributed by atoms with Gasteiger partial charge in [-0.05, 0) is 43.5 Å². The molecule has 0 amide bonds. The van der Waals surface area contributed by atoms with Gasteiger partial charge in [0.15, 0.2) is 0 Å². The van der Waals surface area contributed by atoms with E-state index in [2.05, 4.69) is 13.5 Å². The molecule has 88 valence electrons. The summed E-state index contributed by atoms with van der Waals surface area (Å²) in [4.78, 5) is 0. The summed E-state index contributed by atoms with van der Waals surface area (Å²) >= 11 is 0. The summed E-state index contributed by atoms with van der Waals surface area (Å²) in [5.41, 5.74) is 0.775. The Hall–Kier alpha value is -1.28. The molecule has 1 rings (SSSR count). The zero-order valence-corrected chi connectivity index (χ0v) is 10.3. The minimum atomic E-state index is -0.883. The van der Waals surface area contributed by atoms with Crippen molar-refractivity contribution in [2.75, 3.05) is 6.61 Å². The highest BCUT2D eigenvalue weighted by molar-refractivity contribution is 5.69. The van der Waals surface area contributed by atoms with Gasteiger partial charge in [-0.3, -0.25) is 0 Å². The maximum atomic E-state index is 9.82. The number of rotatable bonds is 5. The summed E-state index contributed by atoms with van der Waals surface area (Å²) in [6, 6.07) is 7.65. The summed E-state index contributed by atoms with van der Waals surface area (Å²) in [6.07, 6.45) is 0.998. The van der Waals surface area contributed by atoms with Crippen LogP contribution in [-0.4, -0.2) is 17.3 Å². The molecule has 0 atom stereocenters. The average Bonchev–Trinajstić information content (AvgIpc) is 2.25. The molecule has 0 aliphatic carbocycles. The van der Waals surface area contributed by atoms with Gasteiger partial charge in [0.05, 0.1) is 12.2 Å². The third-order valence-electron chi connectivity index (χ3n) is 2.41. The van der Waals surface area contributed by atoms with Gasteiger partial charge in [0, 0.05) is 0 Å². The van der Waals surface area contributed by atoms with E-state index in [1.165, 1.54) is 0 Å². The molecule has 0 aliphatic heterocycles. The molecule has 16 heavy (non-hydrogen) atoms. The standard InChI is InChI=1S/C14H20O2/c1-5-10-16-13-8-6-12(7-9-13)11(2)14(3,4)15/h6-9,15H,2,5,10H2,1,3-4H3. The highest BCUT2D eigenvalue weighted by atomic mass is 16.5. The molecule has 0 saturated heterocycles. The molecule has 2 nitrogen and oxygen atoms in total. The fourth-order valence-electron chi connectivity index (χ4n) is 1.33. The Morgan fingerprint density at radius 1 is 1.31 bits per heavy atom. The first-order chi connectivity index (χ1) is 7.45. The van der Waals surface area contributed by atoms with Crippen LogP contribution >= 0.6 is 0 Å². The minimum absolute atomic E-state index is 0.717. The van der Waals surface area contributed by atoms with Crippen LogP contribution in [0.3, 0.4) is 0 Å². The lowest BCUT2D eigenvalue weighted by atomic mass is 9.93. The van der Waals surface area contributed by atoms with Gasteiger partial charge in [-0.15, -0.1) is 0 Å². The van der Waals surface area contributed by atoms with E-state index in [1.807, 2.05) is 24.3 Å². The molecule has 0 saturated carbocycles. The molecular formula is C14H20O2. The molecule has 0 aliphatic rings. The Kier molecular flexibility index (Phi) is 4.13. The van der Waals surface area contributed by atoms with Crippen LogP contribution in [0, 0.1) is 0 Å². The Balaban J connectivity index is 2.75. The first-order valence-electron chi connectivity index (χ1n) is 5.60. The molecule has 1 aromatic rings. The number of ether oxygens (including phenoxy) is 1. The zero-order valence-electron chi connectivity index (χ0n) is 10.3. The maximum absolute atomic E-state index is 9.82. The van der Waals surface area contributed by atoms with Crippen LogP contribution in [0.5, 0.6) is 5.75 Å². The fourth-order valence-corrected chi connectivity index (χ4v) is 1.33. The molecule has 0 spiro atoms. The topological polar surface area (TPSA) is 29.5 Å². The van der Waals surface area contributed by atoms with Crippen molar-refractivity contribution in [3.8, 4) is 5.75 Å². The lowest BCUT2D eigenvalue weighted by Crippen LogP contribution is -2.19. The number of hydrogen-bond acceptors (Lipinski definition) is 2. The van der Waals surface area contributed by atoms with Crippen LogP contribution in [-0.2, 0) is 0 Å². The van der Waals surface area contributed by atoms with Crippen LogP contribution < -0.4 is 4.74 Å². The van der Waals surface area contributed by atoms with E-state index in [0.717, 1.165) is 29.9 Å². The van der Waals surface area contributed by atoms with E-state index < -0.39 is 5.60 Å². The van der Waals surface area contributed by atoms with Crippen molar-refractivity contribution in [2.24, 2.45) is 0 Å². The van der Waals surface area contributed by atoms with Gasteiger partial charge in [0.2, 0.25) is 0 Å². The van der Waals surface area contributed by atoms with Crippen LogP contribution in [0.15, 0.2) is 30.8 Å². The van der Waals surface area contributed by atoms with Crippen molar-refractivity contribution in [1.82, 2.24) is 0 Å². The van der Waals surface area contributed by atoms with E-state index >= 15 is 0 Å². The monoisotopic (exact) mass is 220 g/mol. The molecule has 0 radical (unpaired) electrons. The summed E-state index contributed by atoms with van der Waals surface area (Å²) in [5.74, 6) is 0.856. The fraction of sp³-hybridized carbons (Fsp3) is 0.429. The summed E-state index contributed by atoms with van der Waals surface area (Å²) in [6.45, 7) is 10.2. The average molecular weight is 220 g/mol. The van der Waals surface area contributed by atoms with Crippen molar-refractivity contribution in [3.63, 3.8) is 0 Å². The van der Waals surface area contributed by atoms with Gasteiger partial charge in [0.25, 0.3) is 0 Å². The molecular weight excluding hydrogens is 200 g/mol. The molecule has 0 fully saturated rings. The van der Waals surface area contributed by atoms with Crippen molar-refractivity contribution < 1.29 is 9.84 Å². The highest BCUT2D eigenvalue weighted by Gasteiger charge is 2.18. The van der Waals surface area contributed by atoms with E-state index in [4.69, 9.17) is 4.74 Å². The van der Waals surface area contributed by atoms with Gasteiger partial charge >= 0.3 is 0 Å². The van der Waals surface area contributed by atoms with Crippen LogP contribution in [0.25, 0.3) is 5.57 Å². The SMILES string of the molecule is C=C(c1ccc(OCCC)cc1)C(C)(C)O. The number of benzene rings is 1. The molecule has 0 unspecified atom stereocenters. The quantitative estimate of drug-likeness (QED) is 0.825. The Morgan fingerprint density at radius 3 is 2.31 bits per heavy atom. The molecule has 1 N–H and O–H groups in total. The first-order valence-corrected chi connectivity index (χ1v) is 5.60. The largest absolute Gasteiger partial charge is 0.494 e. The summed E-state index contributed by atoms with van der Waals surface area (Å²) < 4.78 is 5.48. The van der Waals surface area contributed by atoms with Gasteiger partial charge in [-0.2, -0.15) is 0 Å². The highest BCUT2D eigenvalue weighted by Crippen LogP contribution is 2.26. The Labute approximate surface area is 97.6 Å². The third-order valence-corrected chi connectivity index (χ3v) is 2.41. The Morgan fingerprint density at radius 2 is 1.88 bits per heavy atom. The second-order valence-electron chi connectivity index (χ2n) is 4.41. The second-order valence-corrected chi connectivity index (χ2v) is 4.41. The van der Waals surface area contributed by atoms with E-state index in [0.29, 0.717) is 0 Å². The molecule has 0 heterocycles. The normalized spacial score (nSPS) is 11.2. The predicted molar refractivity (Wildman–Crippen MR) is 67.6 cm³/mol. The van der Waals surface area contributed by atoms with Crippen molar-refractivity contribution in [2.45, 2.75) is 32.8 Å². The van der Waals surface area contributed by atoms with Crippen molar-refractivity contribution in [1.29, 1.82) is 0 Å². The van der Waals surface area contributed by atoms with Gasteiger partial charge in [0.1, 0.15) is 5.75 Å². The van der Waals surface area contributed by atoms with Gasteiger partial charge in [-0.1, -0.05) is 25.6 Å². The van der Waals surface area contributed by atoms with Crippen molar-refractivity contribution >= 4 is 5.57 Å². The minimum Gasteiger partial charge on any atom is -0.494 e. The molecule has 0 bridgehead atoms. The van der Waals surface area contributed by atoms with E-state index in [1.54, 1.807) is 13.8 Å². The summed E-state index contributed by atoms with van der Waals surface area (Å²) in [7, 11) is 0. The van der Waals surface area contributed by atoms with Crippen LogP contribution in [0.4, 0.5) is 0 Å². The zero-order chi connectivity index (χ0) is 12.2. The second kappa shape index (κ2) is 5.17. The van der Waals surface area contributed by atoms with Crippen LogP contribution in [0.2, 0.25) is 0 Å². The molecule has 2 heteroatoms. The smallest absolute Gasteiger partial charge is 0.119 e. The van der Waals surface area contributed by atoms with Crippen LogP contribution in [0.1, 0.15) is 32.8 Å². The third kappa shape index (κ3) is 3.38. The number of hydrogen-bond donors (Lipinski definition) is 1. The van der Waals surface area contributed by atoms with E-state index in [-0.39, 0.29) is 0 Å². The first kappa shape index (κ1) is 12.8. The number of aliphatic hydroxyl groups is 1. The van der Waals surface area contributed by atoms with Crippen molar-refractivity contribution in [3.05, 3.63) is 36.4 Å². The predicted octanol–water partition coefficient (Wildman–Crippen LogP) is 3.26. The maximum Gasteiger partial charge on any atom is 0.119 e.